The quantitative estimate of drug-likeness (QED) is 0.692. The molecular weight excluding hydrogens is 184 g/mol. The molecule has 0 aromatic heterocycles. The first kappa shape index (κ1) is 9.59. The van der Waals surface area contributed by atoms with E-state index in [4.69, 9.17) is 11.5 Å². The number of hydrogen-bond acceptors (Lipinski definition) is 2. The summed E-state index contributed by atoms with van der Waals surface area (Å²) in [7, 11) is 0. The Bertz CT molecular complexity index is 490. The van der Waals surface area contributed by atoms with Crippen molar-refractivity contribution in [1.29, 1.82) is 0 Å². The van der Waals surface area contributed by atoms with Crippen molar-refractivity contribution in [2.45, 2.75) is 6.92 Å². The maximum Gasteiger partial charge on any atom is 0.0393 e. The minimum absolute atomic E-state index is 0.758. The predicted octanol–water partition coefficient (Wildman–Crippen LogP) is 2.83. The Morgan fingerprint density at radius 1 is 0.933 bits per heavy atom. The van der Waals surface area contributed by atoms with Gasteiger partial charge < -0.3 is 11.5 Å². The lowest BCUT2D eigenvalue weighted by Crippen LogP contribution is -1.91. The third kappa shape index (κ3) is 1.94. The molecule has 0 saturated carbocycles. The second kappa shape index (κ2) is 3.65. The van der Waals surface area contributed by atoms with E-state index in [-0.39, 0.29) is 0 Å². The van der Waals surface area contributed by atoms with Gasteiger partial charge in [-0.15, -0.1) is 0 Å². The molecule has 0 aliphatic carbocycles. The lowest BCUT2D eigenvalue weighted by molar-refractivity contribution is 1.47. The summed E-state index contributed by atoms with van der Waals surface area (Å²) < 4.78 is 0. The second-order valence-corrected chi connectivity index (χ2v) is 3.72. The SMILES string of the molecule is Cc1ccc(N)c(-c2cccc(N)c2)c1. The average molecular weight is 198 g/mol. The van der Waals surface area contributed by atoms with Gasteiger partial charge in [0.15, 0.2) is 0 Å². The molecule has 0 heterocycles. The molecular formula is C13H14N2. The number of hydrogen-bond donors (Lipinski definition) is 2. The van der Waals surface area contributed by atoms with Crippen LogP contribution in [0.3, 0.4) is 0 Å². The lowest BCUT2D eigenvalue weighted by Gasteiger charge is -2.07. The first-order valence-electron chi connectivity index (χ1n) is 4.89. The summed E-state index contributed by atoms with van der Waals surface area (Å²) in [4.78, 5) is 0. The van der Waals surface area contributed by atoms with Crippen molar-refractivity contribution in [3.63, 3.8) is 0 Å². The molecule has 0 bridgehead atoms. The molecule has 2 rings (SSSR count). The molecule has 2 aromatic carbocycles. The molecule has 0 radical (unpaired) electrons. The van der Waals surface area contributed by atoms with Gasteiger partial charge >= 0.3 is 0 Å². The molecule has 2 heteroatoms. The van der Waals surface area contributed by atoms with Gasteiger partial charge in [0.1, 0.15) is 0 Å². The van der Waals surface area contributed by atoms with Crippen molar-refractivity contribution in [3.8, 4) is 11.1 Å². The van der Waals surface area contributed by atoms with E-state index >= 15 is 0 Å². The molecule has 0 amide bonds. The van der Waals surface area contributed by atoms with Crippen LogP contribution >= 0.6 is 0 Å². The Morgan fingerprint density at radius 2 is 1.73 bits per heavy atom. The summed E-state index contributed by atoms with van der Waals surface area (Å²) in [5.41, 5.74) is 16.5. The van der Waals surface area contributed by atoms with E-state index in [2.05, 4.69) is 13.0 Å². The largest absolute Gasteiger partial charge is 0.399 e. The van der Waals surface area contributed by atoms with Gasteiger partial charge in [-0.2, -0.15) is 0 Å². The van der Waals surface area contributed by atoms with Crippen molar-refractivity contribution >= 4 is 11.4 Å². The van der Waals surface area contributed by atoms with Gasteiger partial charge in [-0.05, 0) is 36.8 Å². The van der Waals surface area contributed by atoms with Crippen LogP contribution in [0.5, 0.6) is 0 Å². The number of nitrogens with two attached hydrogens (primary N) is 2. The fourth-order valence-corrected chi connectivity index (χ4v) is 1.63. The third-order valence-electron chi connectivity index (χ3n) is 2.41. The highest BCUT2D eigenvalue weighted by Gasteiger charge is 2.02. The number of rotatable bonds is 1. The van der Waals surface area contributed by atoms with Gasteiger partial charge in [0.25, 0.3) is 0 Å². The smallest absolute Gasteiger partial charge is 0.0393 e. The van der Waals surface area contributed by atoms with Crippen LogP contribution in [-0.4, -0.2) is 0 Å². The van der Waals surface area contributed by atoms with Gasteiger partial charge in [-0.25, -0.2) is 0 Å². The zero-order chi connectivity index (χ0) is 10.8. The topological polar surface area (TPSA) is 52.0 Å². The van der Waals surface area contributed by atoms with Crippen LogP contribution < -0.4 is 11.5 Å². The summed E-state index contributed by atoms with van der Waals surface area (Å²) in [6.45, 7) is 2.05. The summed E-state index contributed by atoms with van der Waals surface area (Å²) >= 11 is 0. The third-order valence-corrected chi connectivity index (χ3v) is 2.41. The predicted molar refractivity (Wildman–Crippen MR) is 65.4 cm³/mol. The summed E-state index contributed by atoms with van der Waals surface area (Å²) in [6.07, 6.45) is 0. The summed E-state index contributed by atoms with van der Waals surface area (Å²) in [5.74, 6) is 0. The standard InChI is InChI=1S/C13H14N2/c1-9-5-6-13(15)12(7-9)10-3-2-4-11(14)8-10/h2-8H,14-15H2,1H3. The van der Waals surface area contributed by atoms with E-state index in [0.717, 1.165) is 22.5 Å². The van der Waals surface area contributed by atoms with Gasteiger partial charge in [0.05, 0.1) is 0 Å². The molecule has 4 N–H and O–H groups in total. The van der Waals surface area contributed by atoms with E-state index in [1.165, 1.54) is 5.56 Å². The van der Waals surface area contributed by atoms with Gasteiger partial charge in [0, 0.05) is 16.9 Å². The second-order valence-electron chi connectivity index (χ2n) is 3.72. The van der Waals surface area contributed by atoms with E-state index in [9.17, 15) is 0 Å². The molecule has 0 fully saturated rings. The Morgan fingerprint density at radius 3 is 2.47 bits per heavy atom. The molecule has 0 atom stereocenters. The minimum atomic E-state index is 0.758. The Balaban J connectivity index is 2.58. The van der Waals surface area contributed by atoms with Gasteiger partial charge in [-0.1, -0.05) is 23.8 Å². The molecule has 0 aliphatic rings. The van der Waals surface area contributed by atoms with E-state index < -0.39 is 0 Å². The molecule has 0 saturated heterocycles. The first-order valence-corrected chi connectivity index (χ1v) is 4.89. The first-order chi connectivity index (χ1) is 7.16. The average Bonchev–Trinajstić information content (AvgIpc) is 2.22. The maximum absolute atomic E-state index is 5.93. The lowest BCUT2D eigenvalue weighted by atomic mass is 10.0. The van der Waals surface area contributed by atoms with Gasteiger partial charge in [-0.3, -0.25) is 0 Å². The van der Waals surface area contributed by atoms with Crippen molar-refractivity contribution in [1.82, 2.24) is 0 Å². The van der Waals surface area contributed by atoms with E-state index in [1.54, 1.807) is 0 Å². The molecule has 15 heavy (non-hydrogen) atoms. The monoisotopic (exact) mass is 198 g/mol. The Hall–Kier alpha value is -1.96. The minimum Gasteiger partial charge on any atom is -0.399 e. The van der Waals surface area contributed by atoms with Crippen LogP contribution in [0.25, 0.3) is 11.1 Å². The molecule has 0 aliphatic heterocycles. The number of anilines is 2. The van der Waals surface area contributed by atoms with E-state index in [1.807, 2.05) is 36.4 Å². The molecule has 2 aromatic rings. The summed E-state index contributed by atoms with van der Waals surface area (Å²) in [5, 5.41) is 0. The molecule has 2 nitrogen and oxygen atoms in total. The Labute approximate surface area is 89.5 Å². The fourth-order valence-electron chi connectivity index (χ4n) is 1.63. The van der Waals surface area contributed by atoms with Crippen LogP contribution in [0.15, 0.2) is 42.5 Å². The van der Waals surface area contributed by atoms with Crippen molar-refractivity contribution < 1.29 is 0 Å². The number of benzene rings is 2. The van der Waals surface area contributed by atoms with Crippen molar-refractivity contribution in [2.75, 3.05) is 11.5 Å². The zero-order valence-electron chi connectivity index (χ0n) is 8.70. The van der Waals surface area contributed by atoms with Crippen LogP contribution in [-0.2, 0) is 0 Å². The fraction of sp³-hybridized carbons (Fsp3) is 0.0769. The molecule has 0 spiro atoms. The number of aryl methyl sites for hydroxylation is 1. The zero-order valence-corrected chi connectivity index (χ0v) is 8.70. The Kier molecular flexibility index (Phi) is 2.34. The maximum atomic E-state index is 5.93. The highest BCUT2D eigenvalue weighted by atomic mass is 14.6. The normalized spacial score (nSPS) is 10.2. The highest BCUT2D eigenvalue weighted by molar-refractivity contribution is 5.78. The summed E-state index contributed by atoms with van der Waals surface area (Å²) in [6, 6.07) is 13.8. The van der Waals surface area contributed by atoms with Crippen LogP contribution in [0, 0.1) is 6.92 Å². The van der Waals surface area contributed by atoms with Crippen LogP contribution in [0.1, 0.15) is 5.56 Å². The molecule has 76 valence electrons. The van der Waals surface area contributed by atoms with E-state index in [0.29, 0.717) is 0 Å². The highest BCUT2D eigenvalue weighted by Crippen LogP contribution is 2.27. The van der Waals surface area contributed by atoms with Crippen molar-refractivity contribution in [2.24, 2.45) is 0 Å². The molecule has 0 unspecified atom stereocenters. The van der Waals surface area contributed by atoms with Crippen LogP contribution in [0.4, 0.5) is 11.4 Å². The van der Waals surface area contributed by atoms with Gasteiger partial charge in [0.2, 0.25) is 0 Å². The van der Waals surface area contributed by atoms with Crippen LogP contribution in [0.2, 0.25) is 0 Å². The number of nitrogen functional groups attached to an aromatic ring is 2. The van der Waals surface area contributed by atoms with Crippen molar-refractivity contribution in [3.05, 3.63) is 48.0 Å².